The minimum Gasteiger partial charge on any atom is -0.398 e. The van der Waals surface area contributed by atoms with Crippen LogP contribution in [0.25, 0.3) is 0 Å². The van der Waals surface area contributed by atoms with E-state index in [-0.39, 0.29) is 16.7 Å². The van der Waals surface area contributed by atoms with Crippen LogP contribution in [0.2, 0.25) is 0 Å². The van der Waals surface area contributed by atoms with Gasteiger partial charge in [0, 0.05) is 19.3 Å². The van der Waals surface area contributed by atoms with Crippen LogP contribution >= 0.6 is 0 Å². The average molecular weight is 256 g/mol. The summed E-state index contributed by atoms with van der Waals surface area (Å²) in [4.78, 5) is 0.171. The Labute approximate surface area is 101 Å². The van der Waals surface area contributed by atoms with E-state index in [0.717, 1.165) is 18.4 Å². The zero-order valence-electron chi connectivity index (χ0n) is 9.64. The fraction of sp³-hybridized carbons (Fsp3) is 0.455. The topological polar surface area (TPSA) is 81.4 Å². The number of morpholine rings is 1. The van der Waals surface area contributed by atoms with Crippen molar-refractivity contribution in [3.8, 4) is 0 Å². The molecule has 1 fully saturated rings. The normalized spacial score (nSPS) is 21.4. The Hall–Kier alpha value is -1.11. The van der Waals surface area contributed by atoms with Gasteiger partial charge in [-0.05, 0) is 17.7 Å². The smallest absolute Gasteiger partial charge is 0.177 e. The number of anilines is 1. The molecule has 0 saturated carbocycles. The van der Waals surface area contributed by atoms with Gasteiger partial charge in [-0.15, -0.1) is 0 Å². The molecule has 1 unspecified atom stereocenters. The van der Waals surface area contributed by atoms with Gasteiger partial charge in [0.05, 0.1) is 23.3 Å². The van der Waals surface area contributed by atoms with Crippen LogP contribution in [0.4, 0.5) is 5.69 Å². The van der Waals surface area contributed by atoms with Gasteiger partial charge in [-0.3, -0.25) is 0 Å². The summed E-state index contributed by atoms with van der Waals surface area (Å²) in [5.41, 5.74) is 6.79. The Morgan fingerprint density at radius 1 is 1.47 bits per heavy atom. The maximum atomic E-state index is 11.6. The Kier molecular flexibility index (Phi) is 3.37. The number of sulfone groups is 1. The van der Waals surface area contributed by atoms with Gasteiger partial charge in [0.25, 0.3) is 0 Å². The van der Waals surface area contributed by atoms with Crippen LogP contribution in [-0.4, -0.2) is 34.4 Å². The third-order valence-corrected chi connectivity index (χ3v) is 3.89. The minimum atomic E-state index is -3.30. The SMILES string of the molecule is CS(=O)(=O)c1cc(C2CNCCO2)ccc1N. The highest BCUT2D eigenvalue weighted by molar-refractivity contribution is 7.90. The molecule has 5 nitrogen and oxygen atoms in total. The summed E-state index contributed by atoms with van der Waals surface area (Å²) in [5, 5.41) is 3.20. The lowest BCUT2D eigenvalue weighted by Crippen LogP contribution is -2.33. The largest absolute Gasteiger partial charge is 0.398 e. The van der Waals surface area contributed by atoms with Crippen molar-refractivity contribution >= 4 is 15.5 Å². The zero-order chi connectivity index (χ0) is 12.5. The fourth-order valence-electron chi connectivity index (χ4n) is 1.85. The number of hydrogen-bond acceptors (Lipinski definition) is 5. The van der Waals surface area contributed by atoms with Crippen LogP contribution in [-0.2, 0) is 14.6 Å². The first-order chi connectivity index (χ1) is 7.98. The van der Waals surface area contributed by atoms with Gasteiger partial charge in [-0.2, -0.15) is 0 Å². The number of rotatable bonds is 2. The van der Waals surface area contributed by atoms with E-state index in [1.807, 2.05) is 6.07 Å². The lowest BCUT2D eigenvalue weighted by Gasteiger charge is -2.24. The van der Waals surface area contributed by atoms with Gasteiger partial charge in [0.1, 0.15) is 0 Å². The molecule has 1 aromatic carbocycles. The first-order valence-corrected chi connectivity index (χ1v) is 7.29. The van der Waals surface area contributed by atoms with Crippen LogP contribution in [0.3, 0.4) is 0 Å². The molecule has 1 aliphatic heterocycles. The van der Waals surface area contributed by atoms with Crippen molar-refractivity contribution in [1.29, 1.82) is 0 Å². The standard InChI is InChI=1S/C11H16N2O3S/c1-17(14,15)11-6-8(2-3-9(11)12)10-7-13-4-5-16-10/h2-3,6,10,13H,4-5,7,12H2,1H3. The van der Waals surface area contributed by atoms with Crippen LogP contribution < -0.4 is 11.1 Å². The van der Waals surface area contributed by atoms with Crippen LogP contribution in [0.5, 0.6) is 0 Å². The number of nitrogens with one attached hydrogen (secondary N) is 1. The Balaban J connectivity index is 2.37. The van der Waals surface area contributed by atoms with Crippen LogP contribution in [0, 0.1) is 0 Å². The molecule has 0 bridgehead atoms. The number of nitrogens with two attached hydrogens (primary N) is 1. The second-order valence-corrected chi connectivity index (χ2v) is 6.12. The summed E-state index contributed by atoms with van der Waals surface area (Å²) in [5.74, 6) is 0. The van der Waals surface area contributed by atoms with Gasteiger partial charge < -0.3 is 15.8 Å². The molecule has 1 heterocycles. The lowest BCUT2D eigenvalue weighted by atomic mass is 10.1. The quantitative estimate of drug-likeness (QED) is 0.745. The predicted octanol–water partition coefficient (Wildman–Crippen LogP) is 0.333. The second-order valence-electron chi connectivity index (χ2n) is 4.13. The summed E-state index contributed by atoms with van der Waals surface area (Å²) in [6, 6.07) is 5.02. The molecule has 1 saturated heterocycles. The van der Waals surface area contributed by atoms with E-state index in [1.54, 1.807) is 12.1 Å². The first-order valence-electron chi connectivity index (χ1n) is 5.40. The monoisotopic (exact) mass is 256 g/mol. The van der Waals surface area contributed by atoms with Gasteiger partial charge in [0.15, 0.2) is 9.84 Å². The van der Waals surface area contributed by atoms with E-state index in [1.165, 1.54) is 0 Å². The Bertz CT molecular complexity index is 507. The Morgan fingerprint density at radius 3 is 2.82 bits per heavy atom. The molecule has 1 atom stereocenters. The van der Waals surface area contributed by atoms with Gasteiger partial charge in [-0.1, -0.05) is 6.07 Å². The van der Waals surface area contributed by atoms with Crippen molar-refractivity contribution in [1.82, 2.24) is 5.32 Å². The molecule has 17 heavy (non-hydrogen) atoms. The van der Waals surface area contributed by atoms with Crippen molar-refractivity contribution < 1.29 is 13.2 Å². The van der Waals surface area contributed by atoms with E-state index < -0.39 is 9.84 Å². The van der Waals surface area contributed by atoms with Crippen molar-refractivity contribution in [3.63, 3.8) is 0 Å². The highest BCUT2D eigenvalue weighted by Crippen LogP contribution is 2.25. The zero-order valence-corrected chi connectivity index (χ0v) is 10.5. The molecule has 0 aliphatic carbocycles. The number of nitrogen functional groups attached to an aromatic ring is 1. The maximum Gasteiger partial charge on any atom is 0.177 e. The summed E-state index contributed by atoms with van der Waals surface area (Å²) in [7, 11) is -3.30. The molecular formula is C11H16N2O3S. The average Bonchev–Trinajstić information content (AvgIpc) is 2.29. The molecule has 0 amide bonds. The fourth-order valence-corrected chi connectivity index (χ4v) is 2.70. The van der Waals surface area contributed by atoms with E-state index in [2.05, 4.69) is 5.32 Å². The summed E-state index contributed by atoms with van der Waals surface area (Å²) in [6.07, 6.45) is 1.05. The molecule has 1 aromatic rings. The summed E-state index contributed by atoms with van der Waals surface area (Å²) in [6.45, 7) is 2.14. The van der Waals surface area contributed by atoms with Crippen molar-refractivity contribution in [2.24, 2.45) is 0 Å². The van der Waals surface area contributed by atoms with Crippen LogP contribution in [0.15, 0.2) is 23.1 Å². The van der Waals surface area contributed by atoms with Crippen molar-refractivity contribution in [2.75, 3.05) is 31.7 Å². The van der Waals surface area contributed by atoms with E-state index in [0.29, 0.717) is 13.2 Å². The van der Waals surface area contributed by atoms with E-state index in [9.17, 15) is 8.42 Å². The molecular weight excluding hydrogens is 240 g/mol. The molecule has 94 valence electrons. The molecule has 3 N–H and O–H groups in total. The molecule has 0 aromatic heterocycles. The highest BCUT2D eigenvalue weighted by Gasteiger charge is 2.19. The maximum absolute atomic E-state index is 11.6. The van der Waals surface area contributed by atoms with E-state index >= 15 is 0 Å². The highest BCUT2D eigenvalue weighted by atomic mass is 32.2. The Morgan fingerprint density at radius 2 is 2.24 bits per heavy atom. The second kappa shape index (κ2) is 4.64. The molecule has 2 rings (SSSR count). The molecule has 0 radical (unpaired) electrons. The van der Waals surface area contributed by atoms with Gasteiger partial charge >= 0.3 is 0 Å². The first kappa shape index (κ1) is 12.3. The number of ether oxygens (including phenoxy) is 1. The third kappa shape index (κ3) is 2.77. The summed E-state index contributed by atoms with van der Waals surface area (Å²) < 4.78 is 28.7. The summed E-state index contributed by atoms with van der Waals surface area (Å²) >= 11 is 0. The predicted molar refractivity (Wildman–Crippen MR) is 65.5 cm³/mol. The van der Waals surface area contributed by atoms with Crippen LogP contribution in [0.1, 0.15) is 11.7 Å². The van der Waals surface area contributed by atoms with E-state index in [4.69, 9.17) is 10.5 Å². The molecule has 0 spiro atoms. The lowest BCUT2D eigenvalue weighted by molar-refractivity contribution is 0.0276. The van der Waals surface area contributed by atoms with Gasteiger partial charge in [-0.25, -0.2) is 8.42 Å². The third-order valence-electron chi connectivity index (χ3n) is 2.74. The number of benzene rings is 1. The van der Waals surface area contributed by atoms with Crippen molar-refractivity contribution in [2.45, 2.75) is 11.0 Å². The number of hydrogen-bond donors (Lipinski definition) is 2. The molecule has 1 aliphatic rings. The minimum absolute atomic E-state index is 0.107. The molecule has 6 heteroatoms. The van der Waals surface area contributed by atoms with Gasteiger partial charge in [0.2, 0.25) is 0 Å². The van der Waals surface area contributed by atoms with Crippen molar-refractivity contribution in [3.05, 3.63) is 23.8 Å².